The van der Waals surface area contributed by atoms with Crippen LogP contribution >= 0.6 is 11.3 Å². The third-order valence-electron chi connectivity index (χ3n) is 5.17. The monoisotopic (exact) mass is 424 g/mol. The summed E-state index contributed by atoms with van der Waals surface area (Å²) in [6, 6.07) is 7.78. The summed E-state index contributed by atoms with van der Waals surface area (Å²) in [6.07, 6.45) is 6.44. The molecule has 30 heavy (non-hydrogen) atoms. The maximum absolute atomic E-state index is 12.6. The Morgan fingerprint density at radius 1 is 1.37 bits per heavy atom. The number of hydrogen-bond donors (Lipinski definition) is 2. The van der Waals surface area contributed by atoms with Crippen LogP contribution in [0.5, 0.6) is 5.75 Å². The molecule has 1 aliphatic heterocycles. The zero-order valence-electron chi connectivity index (χ0n) is 16.7. The molecule has 0 radical (unpaired) electrons. The number of ether oxygens (including phenoxy) is 1. The maximum Gasteiger partial charge on any atom is 0.240 e. The van der Waals surface area contributed by atoms with Crippen molar-refractivity contribution in [2.45, 2.75) is 25.3 Å². The van der Waals surface area contributed by atoms with Crippen molar-refractivity contribution in [1.82, 2.24) is 19.9 Å². The smallest absolute Gasteiger partial charge is 0.240 e. The van der Waals surface area contributed by atoms with E-state index in [0.29, 0.717) is 5.13 Å². The van der Waals surface area contributed by atoms with Crippen LogP contribution in [0.1, 0.15) is 31.0 Å². The number of likely N-dealkylation sites (tertiary alicyclic amines) is 1. The molecule has 1 fully saturated rings. The van der Waals surface area contributed by atoms with Gasteiger partial charge in [0.1, 0.15) is 5.75 Å². The molecule has 0 unspecified atom stereocenters. The lowest BCUT2D eigenvalue weighted by Crippen LogP contribution is -2.40. The largest absolute Gasteiger partial charge is 0.497 e. The van der Waals surface area contributed by atoms with Gasteiger partial charge in [0.2, 0.25) is 11.9 Å². The molecular weight excluding hydrogens is 400 g/mol. The molecule has 3 heterocycles. The minimum Gasteiger partial charge on any atom is -0.497 e. The Morgan fingerprint density at radius 3 is 3.07 bits per heavy atom. The van der Waals surface area contributed by atoms with Crippen molar-refractivity contribution in [2.24, 2.45) is 0 Å². The lowest BCUT2D eigenvalue weighted by molar-refractivity contribution is -0.118. The summed E-state index contributed by atoms with van der Waals surface area (Å²) in [5.74, 6) is 0.912. The van der Waals surface area contributed by atoms with E-state index in [9.17, 15) is 4.79 Å². The Hall–Kier alpha value is -3.04. The number of benzene rings is 1. The lowest BCUT2D eigenvalue weighted by atomic mass is 9.93. The van der Waals surface area contributed by atoms with Crippen LogP contribution in [0.25, 0.3) is 11.1 Å². The van der Waals surface area contributed by atoms with E-state index < -0.39 is 0 Å². The summed E-state index contributed by atoms with van der Waals surface area (Å²) in [6.45, 7) is 1.09. The summed E-state index contributed by atoms with van der Waals surface area (Å²) in [5.41, 5.74) is 8.66. The first-order valence-corrected chi connectivity index (χ1v) is 10.7. The van der Waals surface area contributed by atoms with Crippen LogP contribution in [0.2, 0.25) is 0 Å². The lowest BCUT2D eigenvalue weighted by Gasteiger charge is -2.35. The van der Waals surface area contributed by atoms with Crippen molar-refractivity contribution < 1.29 is 9.53 Å². The second-order valence-electron chi connectivity index (χ2n) is 7.13. The van der Waals surface area contributed by atoms with Crippen LogP contribution in [-0.4, -0.2) is 46.0 Å². The van der Waals surface area contributed by atoms with Gasteiger partial charge in [0.25, 0.3) is 0 Å². The predicted octanol–water partition coefficient (Wildman–Crippen LogP) is 3.36. The number of aromatic nitrogens is 3. The van der Waals surface area contributed by atoms with Gasteiger partial charge in [-0.3, -0.25) is 9.69 Å². The number of carbonyl (C=O) groups excluding carboxylic acids is 1. The molecule has 1 amide bonds. The first kappa shape index (κ1) is 20.2. The van der Waals surface area contributed by atoms with Crippen LogP contribution < -0.4 is 15.8 Å². The quantitative estimate of drug-likeness (QED) is 0.625. The van der Waals surface area contributed by atoms with Gasteiger partial charge in [-0.2, -0.15) is 0 Å². The van der Waals surface area contributed by atoms with Gasteiger partial charge in [-0.05, 0) is 37.1 Å². The zero-order valence-corrected chi connectivity index (χ0v) is 17.6. The number of amides is 1. The molecule has 0 aliphatic carbocycles. The normalized spacial score (nSPS) is 16.9. The molecule has 0 saturated carbocycles. The average Bonchev–Trinajstić information content (AvgIpc) is 3.27. The maximum atomic E-state index is 12.6. The summed E-state index contributed by atoms with van der Waals surface area (Å²) < 4.78 is 5.38. The molecule has 1 atom stereocenters. The van der Waals surface area contributed by atoms with Crippen molar-refractivity contribution in [3.05, 3.63) is 47.7 Å². The topological polar surface area (TPSA) is 106 Å². The van der Waals surface area contributed by atoms with Gasteiger partial charge in [0.15, 0.2) is 5.13 Å². The summed E-state index contributed by atoms with van der Waals surface area (Å²) in [4.78, 5) is 27.7. The van der Waals surface area contributed by atoms with Crippen LogP contribution in [0.3, 0.4) is 0 Å². The SMILES string of the molecule is COc1cccc(-c2cnc(N)nc2[C@H]2CCCCN2CC(=O)Nc2nccs2)c1. The molecule has 4 rings (SSSR count). The fourth-order valence-electron chi connectivity index (χ4n) is 3.79. The number of nitrogens with zero attached hydrogens (tertiary/aromatic N) is 4. The molecule has 0 bridgehead atoms. The molecule has 9 heteroatoms. The van der Waals surface area contributed by atoms with E-state index in [1.165, 1.54) is 11.3 Å². The van der Waals surface area contributed by atoms with E-state index in [0.717, 1.165) is 48.4 Å². The minimum atomic E-state index is -0.0817. The van der Waals surface area contributed by atoms with Gasteiger partial charge < -0.3 is 15.8 Å². The van der Waals surface area contributed by atoms with Crippen LogP contribution in [-0.2, 0) is 4.79 Å². The molecule has 0 spiro atoms. The zero-order chi connectivity index (χ0) is 20.9. The fourth-order valence-corrected chi connectivity index (χ4v) is 4.34. The molecule has 1 aliphatic rings. The van der Waals surface area contributed by atoms with Gasteiger partial charge in [0.05, 0.1) is 25.4 Å². The van der Waals surface area contributed by atoms with Gasteiger partial charge in [-0.15, -0.1) is 11.3 Å². The Morgan fingerprint density at radius 2 is 2.27 bits per heavy atom. The predicted molar refractivity (Wildman–Crippen MR) is 117 cm³/mol. The Kier molecular flexibility index (Phi) is 6.20. The van der Waals surface area contributed by atoms with Gasteiger partial charge in [-0.1, -0.05) is 18.6 Å². The number of nitrogen functional groups attached to an aromatic ring is 1. The number of nitrogens with two attached hydrogens (primary N) is 1. The van der Waals surface area contributed by atoms with Crippen LogP contribution in [0.15, 0.2) is 42.0 Å². The molecular formula is C21H24N6O2S. The Balaban J connectivity index is 1.63. The van der Waals surface area contributed by atoms with E-state index >= 15 is 0 Å². The molecule has 8 nitrogen and oxygen atoms in total. The highest BCUT2D eigenvalue weighted by atomic mass is 32.1. The molecule has 1 aromatic carbocycles. The van der Waals surface area contributed by atoms with Gasteiger partial charge in [-0.25, -0.2) is 15.0 Å². The van der Waals surface area contributed by atoms with Crippen molar-refractivity contribution in [3.8, 4) is 16.9 Å². The molecule has 1 saturated heterocycles. The highest BCUT2D eigenvalue weighted by Crippen LogP contribution is 2.36. The third-order valence-corrected chi connectivity index (χ3v) is 5.86. The van der Waals surface area contributed by atoms with Crippen LogP contribution in [0, 0.1) is 0 Å². The summed E-state index contributed by atoms with van der Waals surface area (Å²) in [5, 5.41) is 5.31. The van der Waals surface area contributed by atoms with Crippen LogP contribution in [0.4, 0.5) is 11.1 Å². The van der Waals surface area contributed by atoms with E-state index in [-0.39, 0.29) is 24.4 Å². The number of thiazole rings is 1. The van der Waals surface area contributed by atoms with E-state index in [1.54, 1.807) is 19.5 Å². The molecule has 2 aromatic heterocycles. The second kappa shape index (κ2) is 9.19. The number of anilines is 2. The molecule has 3 N–H and O–H groups in total. The third kappa shape index (κ3) is 4.58. The number of rotatable bonds is 6. The summed E-state index contributed by atoms with van der Waals surface area (Å²) in [7, 11) is 1.64. The molecule has 156 valence electrons. The Labute approximate surface area is 179 Å². The highest BCUT2D eigenvalue weighted by molar-refractivity contribution is 7.13. The number of methoxy groups -OCH3 is 1. The van der Waals surface area contributed by atoms with Gasteiger partial charge in [0, 0.05) is 23.3 Å². The van der Waals surface area contributed by atoms with Crippen molar-refractivity contribution >= 4 is 28.3 Å². The Bertz CT molecular complexity index is 1010. The van der Waals surface area contributed by atoms with Crippen molar-refractivity contribution in [1.29, 1.82) is 0 Å². The number of hydrogen-bond acceptors (Lipinski definition) is 8. The van der Waals surface area contributed by atoms with E-state index in [2.05, 4.69) is 25.2 Å². The number of nitrogens with one attached hydrogen (secondary N) is 1. The first-order valence-electron chi connectivity index (χ1n) is 9.84. The summed E-state index contributed by atoms with van der Waals surface area (Å²) >= 11 is 1.41. The standard InChI is InChI=1S/C21H24N6O2S/c1-29-15-6-4-5-14(11-15)16-12-24-20(22)26-19(16)17-7-2-3-9-27(17)13-18(28)25-21-23-8-10-30-21/h4-6,8,10-12,17H,2-3,7,9,13H2,1H3,(H2,22,24,26)(H,23,25,28)/t17-/m1/s1. The highest BCUT2D eigenvalue weighted by Gasteiger charge is 2.29. The minimum absolute atomic E-state index is 0.0210. The second-order valence-corrected chi connectivity index (χ2v) is 8.02. The fraction of sp³-hybridized carbons (Fsp3) is 0.333. The van der Waals surface area contributed by atoms with Gasteiger partial charge >= 0.3 is 0 Å². The number of piperidine rings is 1. The van der Waals surface area contributed by atoms with E-state index in [1.807, 2.05) is 29.6 Å². The first-order chi connectivity index (χ1) is 14.6. The van der Waals surface area contributed by atoms with E-state index in [4.69, 9.17) is 10.5 Å². The van der Waals surface area contributed by atoms with Crippen molar-refractivity contribution in [3.63, 3.8) is 0 Å². The van der Waals surface area contributed by atoms with Crippen molar-refractivity contribution in [2.75, 3.05) is 31.2 Å². The molecule has 3 aromatic rings. The number of carbonyl (C=O) groups is 1. The average molecular weight is 425 g/mol.